The first kappa shape index (κ1) is 13.4. The number of hydrogen-bond donors (Lipinski definition) is 2. The number of benzene rings is 1. The Balaban J connectivity index is 2.87. The van der Waals surface area contributed by atoms with E-state index in [-0.39, 0.29) is 12.3 Å². The molecule has 0 amide bonds. The van der Waals surface area contributed by atoms with E-state index >= 15 is 0 Å². The van der Waals surface area contributed by atoms with Crippen molar-refractivity contribution in [3.8, 4) is 0 Å². The first-order chi connectivity index (χ1) is 7.99. The van der Waals surface area contributed by atoms with Crippen molar-refractivity contribution < 1.29 is 19.0 Å². The van der Waals surface area contributed by atoms with Gasteiger partial charge < -0.3 is 15.2 Å². The van der Waals surface area contributed by atoms with Crippen LogP contribution in [0, 0.1) is 5.82 Å². The summed E-state index contributed by atoms with van der Waals surface area (Å²) in [7, 11) is 0. The van der Waals surface area contributed by atoms with Crippen LogP contribution >= 0.6 is 0 Å². The second-order valence-electron chi connectivity index (χ2n) is 3.88. The maximum absolute atomic E-state index is 13.4. The van der Waals surface area contributed by atoms with Crippen molar-refractivity contribution in [2.75, 3.05) is 18.5 Å². The Hall–Kier alpha value is -1.62. The molecule has 2 N–H and O–H groups in total. The molecule has 1 rings (SSSR count). The van der Waals surface area contributed by atoms with Crippen molar-refractivity contribution >= 4 is 11.7 Å². The summed E-state index contributed by atoms with van der Waals surface area (Å²) in [4.78, 5) is 11.2. The molecule has 0 saturated heterocycles. The molecule has 0 aromatic heterocycles. The van der Waals surface area contributed by atoms with Crippen molar-refractivity contribution in [1.29, 1.82) is 0 Å². The third-order valence-corrected chi connectivity index (χ3v) is 2.35. The second kappa shape index (κ2) is 5.63. The molecule has 94 valence electrons. The minimum absolute atomic E-state index is 0.0346. The number of carbonyl (C=O) groups is 1. The summed E-state index contributed by atoms with van der Waals surface area (Å²) in [5, 5.41) is 11.8. The van der Waals surface area contributed by atoms with Gasteiger partial charge in [0.05, 0.1) is 12.3 Å². The van der Waals surface area contributed by atoms with Gasteiger partial charge in [-0.1, -0.05) is 12.1 Å². The molecule has 0 radical (unpaired) electrons. The Bertz CT molecular complexity index is 397. The molecule has 0 aliphatic carbocycles. The van der Waals surface area contributed by atoms with Crippen LogP contribution in [-0.2, 0) is 9.53 Å². The Morgan fingerprint density at radius 1 is 1.53 bits per heavy atom. The summed E-state index contributed by atoms with van der Waals surface area (Å²) >= 11 is 0. The van der Waals surface area contributed by atoms with Crippen LogP contribution < -0.4 is 5.32 Å². The number of carboxylic acid groups (broad SMARTS) is 1. The number of hydrogen-bond acceptors (Lipinski definition) is 3. The molecule has 0 heterocycles. The highest BCUT2D eigenvalue weighted by Gasteiger charge is 2.34. The molecule has 0 saturated carbocycles. The van der Waals surface area contributed by atoms with E-state index in [1.165, 1.54) is 19.1 Å². The van der Waals surface area contributed by atoms with Crippen molar-refractivity contribution in [3.05, 3.63) is 30.1 Å². The van der Waals surface area contributed by atoms with Gasteiger partial charge in [-0.15, -0.1) is 0 Å². The van der Waals surface area contributed by atoms with Gasteiger partial charge >= 0.3 is 5.97 Å². The van der Waals surface area contributed by atoms with Gasteiger partial charge in [0.2, 0.25) is 0 Å². The van der Waals surface area contributed by atoms with Crippen molar-refractivity contribution in [1.82, 2.24) is 0 Å². The molecule has 0 aliphatic heterocycles. The molecule has 17 heavy (non-hydrogen) atoms. The molecular weight excluding hydrogens is 225 g/mol. The van der Waals surface area contributed by atoms with Gasteiger partial charge in [-0.05, 0) is 26.0 Å². The summed E-state index contributed by atoms with van der Waals surface area (Å²) in [5.41, 5.74) is -1.20. The molecule has 0 bridgehead atoms. The quantitative estimate of drug-likeness (QED) is 0.801. The predicted molar refractivity (Wildman–Crippen MR) is 62.6 cm³/mol. The number of nitrogens with one attached hydrogen (secondary N) is 1. The van der Waals surface area contributed by atoms with Gasteiger partial charge in [-0.25, -0.2) is 9.18 Å². The van der Waals surface area contributed by atoms with E-state index in [0.717, 1.165) is 0 Å². The van der Waals surface area contributed by atoms with Crippen molar-refractivity contribution in [3.63, 3.8) is 0 Å². The second-order valence-corrected chi connectivity index (χ2v) is 3.88. The van der Waals surface area contributed by atoms with Gasteiger partial charge in [0.1, 0.15) is 5.82 Å². The molecule has 1 atom stereocenters. The highest BCUT2D eigenvalue weighted by molar-refractivity contribution is 5.82. The number of anilines is 1. The monoisotopic (exact) mass is 241 g/mol. The van der Waals surface area contributed by atoms with E-state index in [4.69, 9.17) is 9.84 Å². The molecule has 4 nitrogen and oxygen atoms in total. The number of ether oxygens (including phenoxy) is 1. The average molecular weight is 241 g/mol. The van der Waals surface area contributed by atoms with E-state index in [1.54, 1.807) is 19.1 Å². The maximum atomic E-state index is 13.4. The topological polar surface area (TPSA) is 58.6 Å². The molecule has 1 aromatic rings. The third kappa shape index (κ3) is 3.42. The van der Waals surface area contributed by atoms with Crippen LogP contribution in [0.2, 0.25) is 0 Å². The number of halogens is 1. The zero-order chi connectivity index (χ0) is 12.9. The largest absolute Gasteiger partial charge is 0.479 e. The highest BCUT2D eigenvalue weighted by atomic mass is 19.1. The zero-order valence-electron chi connectivity index (χ0n) is 9.87. The Labute approximate surface area is 99.4 Å². The fourth-order valence-electron chi connectivity index (χ4n) is 1.32. The highest BCUT2D eigenvalue weighted by Crippen LogP contribution is 2.19. The minimum atomic E-state index is -1.35. The number of rotatable bonds is 6. The van der Waals surface area contributed by atoms with Gasteiger partial charge in [-0.3, -0.25) is 0 Å². The molecule has 0 aliphatic rings. The number of para-hydroxylation sites is 1. The van der Waals surface area contributed by atoms with Gasteiger partial charge in [-0.2, -0.15) is 0 Å². The summed E-state index contributed by atoms with van der Waals surface area (Å²) in [6.07, 6.45) is 0. The fourth-order valence-corrected chi connectivity index (χ4v) is 1.32. The van der Waals surface area contributed by atoms with Crippen LogP contribution in [0.25, 0.3) is 0 Å². The minimum Gasteiger partial charge on any atom is -0.479 e. The van der Waals surface area contributed by atoms with Crippen LogP contribution in [0.5, 0.6) is 0 Å². The lowest BCUT2D eigenvalue weighted by Crippen LogP contribution is -2.47. The molecule has 0 fully saturated rings. The molecular formula is C12H16FNO3. The Morgan fingerprint density at radius 3 is 2.71 bits per heavy atom. The van der Waals surface area contributed by atoms with Crippen LogP contribution in [0.1, 0.15) is 13.8 Å². The Morgan fingerprint density at radius 2 is 2.18 bits per heavy atom. The normalized spacial score (nSPS) is 14.1. The standard InChI is InChI=1S/C12H16FNO3/c1-3-17-8-12(2,11(15)16)14-10-7-5-4-6-9(10)13/h4-7,14H,3,8H2,1-2H3,(H,15,16). The summed E-state index contributed by atoms with van der Waals surface area (Å²) < 4.78 is 18.5. The third-order valence-electron chi connectivity index (χ3n) is 2.35. The molecule has 1 aromatic carbocycles. The molecule has 5 heteroatoms. The van der Waals surface area contributed by atoms with Crippen LogP contribution in [-0.4, -0.2) is 29.8 Å². The van der Waals surface area contributed by atoms with Gasteiger partial charge in [0.25, 0.3) is 0 Å². The molecule has 1 unspecified atom stereocenters. The van der Waals surface area contributed by atoms with Crippen LogP contribution in [0.4, 0.5) is 10.1 Å². The lowest BCUT2D eigenvalue weighted by molar-refractivity contribution is -0.143. The predicted octanol–water partition coefficient (Wildman–Crippen LogP) is 2.12. The van der Waals surface area contributed by atoms with Crippen molar-refractivity contribution in [2.24, 2.45) is 0 Å². The van der Waals surface area contributed by atoms with E-state index in [0.29, 0.717) is 6.61 Å². The lowest BCUT2D eigenvalue weighted by Gasteiger charge is -2.27. The van der Waals surface area contributed by atoms with E-state index < -0.39 is 17.3 Å². The zero-order valence-corrected chi connectivity index (χ0v) is 9.87. The Kier molecular flexibility index (Phi) is 4.45. The summed E-state index contributed by atoms with van der Waals surface area (Å²) in [5.74, 6) is -1.58. The lowest BCUT2D eigenvalue weighted by atomic mass is 10.0. The van der Waals surface area contributed by atoms with Crippen molar-refractivity contribution in [2.45, 2.75) is 19.4 Å². The van der Waals surface area contributed by atoms with E-state index in [1.807, 2.05) is 0 Å². The number of aliphatic carboxylic acids is 1. The van der Waals surface area contributed by atoms with E-state index in [9.17, 15) is 9.18 Å². The smallest absolute Gasteiger partial charge is 0.331 e. The SMILES string of the molecule is CCOCC(C)(Nc1ccccc1F)C(=O)O. The van der Waals surface area contributed by atoms with Crippen LogP contribution in [0.15, 0.2) is 24.3 Å². The average Bonchev–Trinajstić information content (AvgIpc) is 2.29. The summed E-state index contributed by atoms with van der Waals surface area (Å²) in [6.45, 7) is 3.60. The van der Waals surface area contributed by atoms with Crippen LogP contribution in [0.3, 0.4) is 0 Å². The maximum Gasteiger partial charge on any atom is 0.331 e. The first-order valence-corrected chi connectivity index (χ1v) is 5.33. The summed E-state index contributed by atoms with van der Waals surface area (Å²) in [6, 6.07) is 5.93. The van der Waals surface area contributed by atoms with E-state index in [2.05, 4.69) is 5.32 Å². The first-order valence-electron chi connectivity index (χ1n) is 5.33. The number of carboxylic acids is 1. The van der Waals surface area contributed by atoms with Gasteiger partial charge in [0, 0.05) is 6.61 Å². The van der Waals surface area contributed by atoms with Gasteiger partial charge in [0.15, 0.2) is 5.54 Å². The fraction of sp³-hybridized carbons (Fsp3) is 0.417. The molecule has 0 spiro atoms.